The Labute approximate surface area is 103 Å². The van der Waals surface area contributed by atoms with E-state index in [9.17, 15) is 4.79 Å². The molecule has 0 spiro atoms. The van der Waals surface area contributed by atoms with Crippen molar-refractivity contribution in [3.8, 4) is 0 Å². The van der Waals surface area contributed by atoms with Gasteiger partial charge in [-0.3, -0.25) is 4.79 Å². The third-order valence-corrected chi connectivity index (χ3v) is 4.61. The SMILES string of the molecule is CC1(c2ccccc2Cl)CC(=O)C1(Cl)Cl. The van der Waals surface area contributed by atoms with Gasteiger partial charge in [0, 0.05) is 16.9 Å². The Morgan fingerprint density at radius 1 is 1.27 bits per heavy atom. The molecule has 4 heteroatoms. The van der Waals surface area contributed by atoms with Crippen LogP contribution in [0.3, 0.4) is 0 Å². The first-order chi connectivity index (χ1) is 6.89. The van der Waals surface area contributed by atoms with Crippen molar-refractivity contribution in [2.45, 2.75) is 23.1 Å². The maximum absolute atomic E-state index is 11.3. The first-order valence-electron chi connectivity index (χ1n) is 4.56. The van der Waals surface area contributed by atoms with Crippen LogP contribution in [-0.4, -0.2) is 10.1 Å². The Morgan fingerprint density at radius 3 is 2.33 bits per heavy atom. The average Bonchev–Trinajstić information content (AvgIpc) is 2.18. The number of benzene rings is 1. The van der Waals surface area contributed by atoms with E-state index in [0.29, 0.717) is 11.4 Å². The molecule has 1 saturated carbocycles. The maximum atomic E-state index is 11.3. The number of rotatable bonds is 1. The number of alkyl halides is 2. The summed E-state index contributed by atoms with van der Waals surface area (Å²) in [6, 6.07) is 7.32. The van der Waals surface area contributed by atoms with E-state index in [-0.39, 0.29) is 5.78 Å². The van der Waals surface area contributed by atoms with Crippen LogP contribution < -0.4 is 0 Å². The molecule has 0 aromatic heterocycles. The van der Waals surface area contributed by atoms with Crippen molar-refractivity contribution < 1.29 is 4.79 Å². The summed E-state index contributed by atoms with van der Waals surface area (Å²) in [6.07, 6.45) is 0.337. The van der Waals surface area contributed by atoms with Crippen LogP contribution in [0.4, 0.5) is 0 Å². The van der Waals surface area contributed by atoms with Crippen LogP contribution in [0.5, 0.6) is 0 Å². The molecule has 1 aromatic carbocycles. The average molecular weight is 264 g/mol. The van der Waals surface area contributed by atoms with Crippen LogP contribution in [-0.2, 0) is 10.2 Å². The van der Waals surface area contributed by atoms with Crippen LogP contribution in [0.15, 0.2) is 24.3 Å². The van der Waals surface area contributed by atoms with Crippen molar-refractivity contribution in [1.29, 1.82) is 0 Å². The van der Waals surface area contributed by atoms with Gasteiger partial charge in [0.05, 0.1) is 0 Å². The molecule has 15 heavy (non-hydrogen) atoms. The standard InChI is InChI=1S/C11H9Cl3O/c1-10(6-9(15)11(10,13)14)7-4-2-3-5-8(7)12/h2-5H,6H2,1H3. The minimum absolute atomic E-state index is 0.145. The lowest BCUT2D eigenvalue weighted by atomic mass is 9.64. The molecule has 0 aliphatic heterocycles. The molecule has 1 aliphatic carbocycles. The highest BCUT2D eigenvalue weighted by Gasteiger charge is 2.62. The quantitative estimate of drug-likeness (QED) is 0.705. The van der Waals surface area contributed by atoms with Crippen molar-refractivity contribution in [3.63, 3.8) is 0 Å². The molecule has 0 heterocycles. The number of hydrogen-bond acceptors (Lipinski definition) is 1. The molecule has 1 fully saturated rings. The monoisotopic (exact) mass is 262 g/mol. The lowest BCUT2D eigenvalue weighted by Gasteiger charge is -2.48. The Balaban J connectivity index is 2.49. The van der Waals surface area contributed by atoms with Gasteiger partial charge >= 0.3 is 0 Å². The van der Waals surface area contributed by atoms with Gasteiger partial charge in [-0.25, -0.2) is 0 Å². The molecule has 0 saturated heterocycles. The molecule has 1 atom stereocenters. The predicted octanol–water partition coefficient (Wildman–Crippen LogP) is 3.74. The van der Waals surface area contributed by atoms with E-state index in [1.807, 2.05) is 25.1 Å². The normalized spacial score (nSPS) is 28.7. The summed E-state index contributed by atoms with van der Waals surface area (Å²) in [5.41, 5.74) is 0.252. The van der Waals surface area contributed by atoms with Gasteiger partial charge in [0.15, 0.2) is 10.1 Å². The van der Waals surface area contributed by atoms with E-state index in [2.05, 4.69) is 0 Å². The van der Waals surface area contributed by atoms with Crippen LogP contribution in [0, 0.1) is 0 Å². The van der Waals surface area contributed by atoms with Gasteiger partial charge in [-0.2, -0.15) is 0 Å². The summed E-state index contributed by atoms with van der Waals surface area (Å²) in [5.74, 6) is -0.145. The molecule has 1 unspecified atom stereocenters. The molecule has 0 radical (unpaired) electrons. The second kappa shape index (κ2) is 3.38. The zero-order valence-electron chi connectivity index (χ0n) is 8.06. The van der Waals surface area contributed by atoms with Crippen molar-refractivity contribution in [3.05, 3.63) is 34.9 Å². The molecule has 0 bridgehead atoms. The first-order valence-corrected chi connectivity index (χ1v) is 5.69. The Bertz CT molecular complexity index is 428. The van der Waals surface area contributed by atoms with E-state index >= 15 is 0 Å². The van der Waals surface area contributed by atoms with Gasteiger partial charge in [-0.1, -0.05) is 59.9 Å². The van der Waals surface area contributed by atoms with E-state index in [4.69, 9.17) is 34.8 Å². The summed E-state index contributed by atoms with van der Waals surface area (Å²) in [6.45, 7) is 1.86. The smallest absolute Gasteiger partial charge is 0.185 e. The molecular weight excluding hydrogens is 254 g/mol. The number of Topliss-reactive ketones (excluding diaryl/α,β-unsaturated/α-hetero) is 1. The predicted molar refractivity (Wildman–Crippen MR) is 62.9 cm³/mol. The summed E-state index contributed by atoms with van der Waals surface area (Å²) in [5, 5.41) is 0.596. The fourth-order valence-electron chi connectivity index (χ4n) is 1.92. The van der Waals surface area contributed by atoms with Gasteiger partial charge in [0.25, 0.3) is 0 Å². The molecule has 2 rings (SSSR count). The molecule has 1 nitrogen and oxygen atoms in total. The van der Waals surface area contributed by atoms with Crippen molar-refractivity contribution in [2.24, 2.45) is 0 Å². The number of carbonyl (C=O) groups excluding carboxylic acids is 1. The van der Waals surface area contributed by atoms with Crippen LogP contribution >= 0.6 is 34.8 Å². The lowest BCUT2D eigenvalue weighted by molar-refractivity contribution is -0.129. The Hall–Kier alpha value is -0.240. The highest BCUT2D eigenvalue weighted by molar-refractivity contribution is 6.61. The van der Waals surface area contributed by atoms with Crippen molar-refractivity contribution in [1.82, 2.24) is 0 Å². The first kappa shape index (κ1) is 11.3. The number of carbonyl (C=O) groups is 1. The zero-order chi connectivity index (χ0) is 11.3. The Kier molecular flexibility index (Phi) is 2.53. The molecule has 0 N–H and O–H groups in total. The molecular formula is C11H9Cl3O. The van der Waals surface area contributed by atoms with Crippen LogP contribution in [0.25, 0.3) is 0 Å². The summed E-state index contributed by atoms with van der Waals surface area (Å²) < 4.78 is -1.35. The van der Waals surface area contributed by atoms with Crippen molar-refractivity contribution in [2.75, 3.05) is 0 Å². The second-order valence-electron chi connectivity index (χ2n) is 3.99. The molecule has 1 aromatic rings. The van der Waals surface area contributed by atoms with Gasteiger partial charge in [-0.15, -0.1) is 0 Å². The second-order valence-corrected chi connectivity index (χ2v) is 5.72. The largest absolute Gasteiger partial charge is 0.296 e. The third kappa shape index (κ3) is 1.41. The minimum atomic E-state index is -1.35. The molecule has 0 amide bonds. The summed E-state index contributed by atoms with van der Waals surface area (Å²) in [7, 11) is 0. The summed E-state index contributed by atoms with van der Waals surface area (Å²) in [4.78, 5) is 11.3. The topological polar surface area (TPSA) is 17.1 Å². The zero-order valence-corrected chi connectivity index (χ0v) is 10.3. The fourth-order valence-corrected chi connectivity index (χ4v) is 2.73. The fraction of sp³-hybridized carbons (Fsp3) is 0.364. The van der Waals surface area contributed by atoms with Gasteiger partial charge in [0.1, 0.15) is 0 Å². The molecule has 80 valence electrons. The van der Waals surface area contributed by atoms with Crippen LogP contribution in [0.2, 0.25) is 5.02 Å². The number of halogens is 3. The van der Waals surface area contributed by atoms with Gasteiger partial charge in [-0.05, 0) is 11.6 Å². The third-order valence-electron chi connectivity index (χ3n) is 3.03. The number of ketones is 1. The maximum Gasteiger partial charge on any atom is 0.185 e. The van der Waals surface area contributed by atoms with E-state index in [1.54, 1.807) is 6.07 Å². The summed E-state index contributed by atoms with van der Waals surface area (Å²) >= 11 is 18.1. The van der Waals surface area contributed by atoms with E-state index in [0.717, 1.165) is 5.56 Å². The highest BCUT2D eigenvalue weighted by Crippen LogP contribution is 2.56. The lowest BCUT2D eigenvalue weighted by Crippen LogP contribution is -2.59. The number of hydrogen-bond donors (Lipinski definition) is 0. The van der Waals surface area contributed by atoms with Crippen LogP contribution in [0.1, 0.15) is 18.9 Å². The van der Waals surface area contributed by atoms with Gasteiger partial charge in [0.2, 0.25) is 0 Å². The molecule has 1 aliphatic rings. The highest BCUT2D eigenvalue weighted by atomic mass is 35.5. The van der Waals surface area contributed by atoms with Crippen molar-refractivity contribution >= 4 is 40.6 Å². The van der Waals surface area contributed by atoms with Gasteiger partial charge < -0.3 is 0 Å². The minimum Gasteiger partial charge on any atom is -0.296 e. The Morgan fingerprint density at radius 2 is 1.87 bits per heavy atom. The van der Waals surface area contributed by atoms with E-state index < -0.39 is 9.75 Å². The van der Waals surface area contributed by atoms with E-state index in [1.165, 1.54) is 0 Å².